The van der Waals surface area contributed by atoms with Gasteiger partial charge >= 0.3 is 0 Å². The van der Waals surface area contributed by atoms with Gasteiger partial charge in [0.05, 0.1) is 5.60 Å². The number of fused-ring (bicyclic) bond motifs is 2. The van der Waals surface area contributed by atoms with Gasteiger partial charge in [0, 0.05) is 23.4 Å². The SMILES string of the molecule is CCC12CC3C(C(C)(C)O)CC1(C)C(Cc1ccccc12)N3C. The molecule has 2 aliphatic heterocycles. The molecular formula is C21H31NO. The molecule has 1 N–H and O–H groups in total. The second-order valence-electron chi connectivity index (χ2n) is 9.13. The molecule has 2 aliphatic carbocycles. The van der Waals surface area contributed by atoms with Crippen LogP contribution in [-0.2, 0) is 11.8 Å². The van der Waals surface area contributed by atoms with Crippen molar-refractivity contribution < 1.29 is 5.11 Å². The molecule has 2 saturated heterocycles. The summed E-state index contributed by atoms with van der Waals surface area (Å²) in [6, 6.07) is 10.3. The number of hydrogen-bond acceptors (Lipinski definition) is 2. The molecule has 2 heterocycles. The number of nitrogens with zero attached hydrogens (tertiary/aromatic N) is 1. The van der Waals surface area contributed by atoms with E-state index < -0.39 is 5.60 Å². The van der Waals surface area contributed by atoms with Gasteiger partial charge in [-0.3, -0.25) is 4.90 Å². The first kappa shape index (κ1) is 15.7. The van der Waals surface area contributed by atoms with Gasteiger partial charge in [-0.1, -0.05) is 38.1 Å². The first-order valence-corrected chi connectivity index (χ1v) is 9.27. The van der Waals surface area contributed by atoms with E-state index in [2.05, 4.69) is 50.1 Å². The van der Waals surface area contributed by atoms with E-state index in [4.69, 9.17) is 0 Å². The Hall–Kier alpha value is -0.860. The normalized spacial score (nSPS) is 42.6. The Morgan fingerprint density at radius 1 is 1.26 bits per heavy atom. The molecule has 23 heavy (non-hydrogen) atoms. The first-order chi connectivity index (χ1) is 10.7. The maximum atomic E-state index is 10.8. The predicted octanol–water partition coefficient (Wildman–Crippen LogP) is 3.76. The molecule has 4 aliphatic rings. The van der Waals surface area contributed by atoms with Crippen LogP contribution in [0.2, 0.25) is 0 Å². The molecule has 5 unspecified atom stereocenters. The van der Waals surface area contributed by atoms with Crippen molar-refractivity contribution in [1.29, 1.82) is 0 Å². The van der Waals surface area contributed by atoms with Crippen molar-refractivity contribution in [2.24, 2.45) is 11.3 Å². The standard InChI is InChI=1S/C21H31NO/c1-6-21-13-17-16(19(2,3)23)12-20(21,4)18(22(17)5)11-14-9-7-8-10-15(14)21/h7-10,16-18,23H,6,11-13H2,1-5H3. The van der Waals surface area contributed by atoms with E-state index >= 15 is 0 Å². The van der Waals surface area contributed by atoms with Gasteiger partial charge in [0.1, 0.15) is 0 Å². The largest absolute Gasteiger partial charge is 0.390 e. The van der Waals surface area contributed by atoms with Gasteiger partial charge in [-0.2, -0.15) is 0 Å². The van der Waals surface area contributed by atoms with Crippen LogP contribution >= 0.6 is 0 Å². The Kier molecular flexibility index (Phi) is 3.14. The third kappa shape index (κ3) is 1.77. The van der Waals surface area contributed by atoms with Crippen LogP contribution in [-0.4, -0.2) is 34.7 Å². The molecule has 2 nitrogen and oxygen atoms in total. The summed E-state index contributed by atoms with van der Waals surface area (Å²) >= 11 is 0. The maximum absolute atomic E-state index is 10.8. The van der Waals surface area contributed by atoms with Crippen molar-refractivity contribution in [2.45, 2.75) is 76.5 Å². The predicted molar refractivity (Wildman–Crippen MR) is 94.6 cm³/mol. The lowest BCUT2D eigenvalue weighted by atomic mass is 9.40. The number of aliphatic hydroxyl groups is 1. The average Bonchev–Trinajstić information content (AvgIpc) is 2.50. The molecule has 2 heteroatoms. The van der Waals surface area contributed by atoms with Gasteiger partial charge in [0.2, 0.25) is 0 Å². The Bertz CT molecular complexity index is 633. The van der Waals surface area contributed by atoms with E-state index in [0.717, 1.165) is 6.42 Å². The van der Waals surface area contributed by atoms with Crippen LogP contribution in [0.4, 0.5) is 0 Å². The summed E-state index contributed by atoms with van der Waals surface area (Å²) in [5, 5.41) is 10.8. The molecular weight excluding hydrogens is 282 g/mol. The summed E-state index contributed by atoms with van der Waals surface area (Å²) in [6.45, 7) is 8.92. The van der Waals surface area contributed by atoms with Crippen molar-refractivity contribution in [2.75, 3.05) is 7.05 Å². The third-order valence-corrected chi connectivity index (χ3v) is 7.97. The van der Waals surface area contributed by atoms with Crippen LogP contribution in [0.1, 0.15) is 58.1 Å². The van der Waals surface area contributed by atoms with Crippen molar-refractivity contribution in [3.8, 4) is 0 Å². The molecule has 0 amide bonds. The molecule has 1 aromatic carbocycles. The zero-order valence-electron chi connectivity index (χ0n) is 15.3. The van der Waals surface area contributed by atoms with E-state index in [0.29, 0.717) is 18.0 Å². The van der Waals surface area contributed by atoms with Crippen molar-refractivity contribution in [1.82, 2.24) is 4.90 Å². The number of piperidine rings is 2. The zero-order valence-corrected chi connectivity index (χ0v) is 15.3. The summed E-state index contributed by atoms with van der Waals surface area (Å²) in [7, 11) is 2.30. The van der Waals surface area contributed by atoms with E-state index in [-0.39, 0.29) is 10.8 Å². The number of hydrogen-bond donors (Lipinski definition) is 1. The number of rotatable bonds is 2. The van der Waals surface area contributed by atoms with Gasteiger partial charge < -0.3 is 5.11 Å². The lowest BCUT2D eigenvalue weighted by Gasteiger charge is -2.72. The molecule has 0 aromatic heterocycles. The van der Waals surface area contributed by atoms with Crippen LogP contribution < -0.4 is 0 Å². The summed E-state index contributed by atoms with van der Waals surface area (Å²) in [6.07, 6.45) is 4.72. The monoisotopic (exact) mass is 313 g/mol. The third-order valence-electron chi connectivity index (χ3n) is 7.97. The summed E-state index contributed by atoms with van der Waals surface area (Å²) < 4.78 is 0. The fraction of sp³-hybridized carbons (Fsp3) is 0.714. The van der Waals surface area contributed by atoms with Gasteiger partial charge in [-0.25, -0.2) is 0 Å². The topological polar surface area (TPSA) is 23.5 Å². The fourth-order valence-corrected chi connectivity index (χ4v) is 6.70. The number of likely N-dealkylation sites (N-methyl/N-ethyl adjacent to an activating group) is 1. The van der Waals surface area contributed by atoms with Crippen LogP contribution in [0.3, 0.4) is 0 Å². The lowest BCUT2D eigenvalue weighted by Crippen LogP contribution is -2.75. The molecule has 3 fully saturated rings. The highest BCUT2D eigenvalue weighted by Crippen LogP contribution is 2.67. The van der Waals surface area contributed by atoms with Gasteiger partial charge in [-0.15, -0.1) is 0 Å². The van der Waals surface area contributed by atoms with E-state index in [9.17, 15) is 5.11 Å². The lowest BCUT2D eigenvalue weighted by molar-refractivity contribution is -0.192. The fourth-order valence-electron chi connectivity index (χ4n) is 6.70. The highest BCUT2D eigenvalue weighted by Gasteiger charge is 2.67. The Labute approximate surface area is 140 Å². The molecule has 0 spiro atoms. The van der Waals surface area contributed by atoms with Gasteiger partial charge in [-0.05, 0) is 63.1 Å². The average molecular weight is 313 g/mol. The summed E-state index contributed by atoms with van der Waals surface area (Å²) in [4.78, 5) is 2.62. The minimum absolute atomic E-state index is 0.254. The second kappa shape index (κ2) is 4.61. The Morgan fingerprint density at radius 2 is 1.96 bits per heavy atom. The van der Waals surface area contributed by atoms with E-state index in [1.807, 2.05) is 13.8 Å². The quantitative estimate of drug-likeness (QED) is 0.898. The Balaban J connectivity index is 1.91. The van der Waals surface area contributed by atoms with Crippen molar-refractivity contribution in [3.63, 3.8) is 0 Å². The molecule has 0 radical (unpaired) electrons. The van der Waals surface area contributed by atoms with Crippen LogP contribution in [0.25, 0.3) is 0 Å². The summed E-state index contributed by atoms with van der Waals surface area (Å²) in [5.74, 6) is 0.374. The van der Waals surface area contributed by atoms with Crippen molar-refractivity contribution >= 4 is 0 Å². The maximum Gasteiger partial charge on any atom is 0.0634 e. The minimum Gasteiger partial charge on any atom is -0.390 e. The Morgan fingerprint density at radius 3 is 2.61 bits per heavy atom. The van der Waals surface area contributed by atoms with E-state index in [1.54, 1.807) is 11.1 Å². The molecule has 4 bridgehead atoms. The molecule has 1 aromatic rings. The highest BCUT2D eigenvalue weighted by atomic mass is 16.3. The smallest absolute Gasteiger partial charge is 0.0634 e. The molecule has 5 rings (SSSR count). The number of benzene rings is 1. The van der Waals surface area contributed by atoms with Gasteiger partial charge in [0.15, 0.2) is 0 Å². The first-order valence-electron chi connectivity index (χ1n) is 9.27. The molecule has 5 atom stereocenters. The highest BCUT2D eigenvalue weighted by molar-refractivity contribution is 5.44. The van der Waals surface area contributed by atoms with Gasteiger partial charge in [0.25, 0.3) is 0 Å². The molecule has 126 valence electrons. The minimum atomic E-state index is -0.593. The van der Waals surface area contributed by atoms with Crippen LogP contribution in [0.15, 0.2) is 24.3 Å². The van der Waals surface area contributed by atoms with Crippen LogP contribution in [0, 0.1) is 11.3 Å². The zero-order chi connectivity index (χ0) is 16.6. The van der Waals surface area contributed by atoms with E-state index in [1.165, 1.54) is 19.3 Å². The van der Waals surface area contributed by atoms with Crippen LogP contribution in [0.5, 0.6) is 0 Å². The second-order valence-corrected chi connectivity index (χ2v) is 9.13. The summed E-state index contributed by atoms with van der Waals surface area (Å²) in [5.41, 5.74) is 3.11. The van der Waals surface area contributed by atoms with Crippen molar-refractivity contribution in [3.05, 3.63) is 35.4 Å². The molecule has 1 saturated carbocycles.